The van der Waals surface area contributed by atoms with E-state index in [0.29, 0.717) is 11.1 Å². The smallest absolute Gasteiger partial charge is 0.0899 e. The van der Waals surface area contributed by atoms with E-state index in [9.17, 15) is 0 Å². The lowest BCUT2D eigenvalue weighted by molar-refractivity contribution is -0.00326. The second-order valence-electron chi connectivity index (χ2n) is 4.01. The molecule has 14 heavy (non-hydrogen) atoms. The Morgan fingerprint density at radius 3 is 2.86 bits per heavy atom. The monoisotopic (exact) mass is 216 g/mol. The topological polar surface area (TPSA) is 38.5 Å². The maximum absolute atomic E-state index is 5.65. The molecule has 2 N–H and O–H groups in total. The Kier molecular flexibility index (Phi) is 4.78. The quantitative estimate of drug-likeness (QED) is 0.716. The van der Waals surface area contributed by atoms with Gasteiger partial charge in [-0.15, -0.1) is 0 Å². The molecule has 0 aliphatic carbocycles. The number of nitrogens with zero attached hydrogens (tertiary/aromatic N) is 1. The lowest BCUT2D eigenvalue weighted by Crippen LogP contribution is -2.44. The van der Waals surface area contributed by atoms with E-state index in [1.165, 1.54) is 12.8 Å². The van der Waals surface area contributed by atoms with Crippen molar-refractivity contribution >= 4 is 17.2 Å². The number of hydrogen-bond donors (Lipinski definition) is 1. The van der Waals surface area contributed by atoms with Gasteiger partial charge in [-0.1, -0.05) is 12.2 Å². The number of hydrogen-bond acceptors (Lipinski definition) is 3. The van der Waals surface area contributed by atoms with Crippen LogP contribution in [0.15, 0.2) is 0 Å². The normalized spacial score (nSPS) is 24.9. The van der Waals surface area contributed by atoms with Gasteiger partial charge in [0.1, 0.15) is 0 Å². The third-order valence-corrected chi connectivity index (χ3v) is 3.18. The van der Waals surface area contributed by atoms with Crippen LogP contribution in [0.5, 0.6) is 0 Å². The van der Waals surface area contributed by atoms with Crippen molar-refractivity contribution in [3.8, 4) is 0 Å². The van der Waals surface area contributed by atoms with Crippen LogP contribution in [0.4, 0.5) is 0 Å². The predicted molar refractivity (Wildman–Crippen MR) is 62.5 cm³/mol. The summed E-state index contributed by atoms with van der Waals surface area (Å²) in [5.74, 6) is 0. The van der Waals surface area contributed by atoms with Gasteiger partial charge < -0.3 is 10.5 Å². The highest BCUT2D eigenvalue weighted by molar-refractivity contribution is 7.80. The average Bonchev–Trinajstić information content (AvgIpc) is 2.18. The van der Waals surface area contributed by atoms with Gasteiger partial charge >= 0.3 is 0 Å². The first-order chi connectivity index (χ1) is 6.61. The second-order valence-corrected chi connectivity index (χ2v) is 4.48. The molecule has 3 nitrogen and oxygen atoms in total. The zero-order chi connectivity index (χ0) is 10.6. The molecule has 1 saturated heterocycles. The van der Waals surface area contributed by atoms with E-state index in [2.05, 4.69) is 4.90 Å². The second kappa shape index (κ2) is 5.63. The van der Waals surface area contributed by atoms with Crippen LogP contribution in [-0.4, -0.2) is 42.2 Å². The Labute approximate surface area is 91.6 Å². The summed E-state index contributed by atoms with van der Waals surface area (Å²) in [5, 5.41) is 0. The first kappa shape index (κ1) is 11.9. The summed E-state index contributed by atoms with van der Waals surface area (Å²) in [6.07, 6.45) is 4.00. The minimum absolute atomic E-state index is 0.163. The summed E-state index contributed by atoms with van der Waals surface area (Å²) in [4.78, 5) is 2.72. The van der Waals surface area contributed by atoms with Gasteiger partial charge in [0.2, 0.25) is 0 Å². The third kappa shape index (κ3) is 3.52. The molecule has 1 fully saturated rings. The van der Waals surface area contributed by atoms with Crippen LogP contribution < -0.4 is 5.73 Å². The summed E-state index contributed by atoms with van der Waals surface area (Å²) < 4.78 is 5.65. The van der Waals surface area contributed by atoms with Crippen LogP contribution in [0, 0.1) is 0 Å². The molecular formula is C10H20N2OS. The fourth-order valence-electron chi connectivity index (χ4n) is 1.65. The molecule has 0 amide bonds. The maximum Gasteiger partial charge on any atom is 0.0899 e. The molecule has 1 rings (SSSR count). The summed E-state index contributed by atoms with van der Waals surface area (Å²) in [5.41, 5.74) is 5.59. The minimum atomic E-state index is 0.163. The minimum Gasteiger partial charge on any atom is -0.392 e. The van der Waals surface area contributed by atoms with E-state index < -0.39 is 0 Å². The molecule has 0 aromatic heterocycles. The molecule has 82 valence electrons. The molecule has 2 unspecified atom stereocenters. The van der Waals surface area contributed by atoms with Gasteiger partial charge in [-0.2, -0.15) is 0 Å². The molecule has 1 heterocycles. The van der Waals surface area contributed by atoms with Gasteiger partial charge in [0.25, 0.3) is 0 Å². The molecule has 4 heteroatoms. The number of ether oxygens (including phenoxy) is 1. The fraction of sp³-hybridized carbons (Fsp3) is 0.900. The molecule has 0 bridgehead atoms. The summed E-state index contributed by atoms with van der Waals surface area (Å²) in [7, 11) is 2.04. The van der Waals surface area contributed by atoms with Crippen molar-refractivity contribution < 1.29 is 4.74 Å². The van der Waals surface area contributed by atoms with Crippen LogP contribution in [0.3, 0.4) is 0 Å². The molecule has 1 aliphatic heterocycles. The molecule has 0 aromatic rings. The van der Waals surface area contributed by atoms with E-state index in [4.69, 9.17) is 22.7 Å². The zero-order valence-electron chi connectivity index (χ0n) is 9.03. The van der Waals surface area contributed by atoms with E-state index in [0.717, 1.165) is 19.6 Å². The van der Waals surface area contributed by atoms with Crippen molar-refractivity contribution in [2.45, 2.75) is 38.3 Å². The van der Waals surface area contributed by atoms with Gasteiger partial charge in [-0.3, -0.25) is 4.90 Å². The Hall–Kier alpha value is -0.190. The molecule has 1 aliphatic rings. The lowest BCUT2D eigenvalue weighted by atomic mass is 10.1. The Morgan fingerprint density at radius 2 is 2.36 bits per heavy atom. The first-order valence-electron chi connectivity index (χ1n) is 5.22. The van der Waals surface area contributed by atoms with Crippen molar-refractivity contribution in [1.82, 2.24) is 4.90 Å². The van der Waals surface area contributed by atoms with Crippen molar-refractivity contribution in [3.05, 3.63) is 0 Å². The van der Waals surface area contributed by atoms with Crippen molar-refractivity contribution in [2.75, 3.05) is 20.2 Å². The SMILES string of the molecule is CC(C(N)=S)N(C)CC1CCCCO1. The molecule has 0 saturated carbocycles. The van der Waals surface area contributed by atoms with E-state index in [-0.39, 0.29) is 6.04 Å². The molecule has 0 spiro atoms. The summed E-state index contributed by atoms with van der Waals surface area (Å²) in [6.45, 7) is 3.86. The van der Waals surface area contributed by atoms with Gasteiger partial charge in [0.15, 0.2) is 0 Å². The van der Waals surface area contributed by atoms with Gasteiger partial charge in [0.05, 0.1) is 17.1 Å². The van der Waals surface area contributed by atoms with Crippen LogP contribution in [0.25, 0.3) is 0 Å². The Morgan fingerprint density at radius 1 is 1.64 bits per heavy atom. The average molecular weight is 216 g/mol. The standard InChI is InChI=1S/C10H20N2OS/c1-8(10(11)14)12(2)7-9-5-3-4-6-13-9/h8-9H,3-7H2,1-2H3,(H2,11,14). The predicted octanol–water partition coefficient (Wildman–Crippen LogP) is 1.16. The van der Waals surface area contributed by atoms with Crippen molar-refractivity contribution in [2.24, 2.45) is 5.73 Å². The molecule has 0 radical (unpaired) electrons. The van der Waals surface area contributed by atoms with Crippen LogP contribution in [0.2, 0.25) is 0 Å². The first-order valence-corrected chi connectivity index (χ1v) is 5.63. The summed E-state index contributed by atoms with van der Waals surface area (Å²) >= 11 is 4.96. The molecule has 2 atom stereocenters. The number of thiocarbonyl (C=S) groups is 1. The largest absolute Gasteiger partial charge is 0.392 e. The van der Waals surface area contributed by atoms with Crippen LogP contribution >= 0.6 is 12.2 Å². The Balaban J connectivity index is 2.31. The van der Waals surface area contributed by atoms with Crippen molar-refractivity contribution in [3.63, 3.8) is 0 Å². The number of rotatable bonds is 4. The van der Waals surface area contributed by atoms with E-state index in [1.807, 2.05) is 14.0 Å². The number of likely N-dealkylation sites (N-methyl/N-ethyl adjacent to an activating group) is 1. The highest BCUT2D eigenvalue weighted by Gasteiger charge is 2.19. The zero-order valence-corrected chi connectivity index (χ0v) is 9.85. The van der Waals surface area contributed by atoms with Crippen LogP contribution in [0.1, 0.15) is 26.2 Å². The van der Waals surface area contributed by atoms with E-state index >= 15 is 0 Å². The van der Waals surface area contributed by atoms with Crippen LogP contribution in [-0.2, 0) is 4.74 Å². The number of nitrogens with two attached hydrogens (primary N) is 1. The van der Waals surface area contributed by atoms with Gasteiger partial charge in [-0.25, -0.2) is 0 Å². The van der Waals surface area contributed by atoms with E-state index in [1.54, 1.807) is 0 Å². The fourth-order valence-corrected chi connectivity index (χ4v) is 1.83. The maximum atomic E-state index is 5.65. The summed E-state index contributed by atoms with van der Waals surface area (Å²) in [6, 6.07) is 0.163. The molecular weight excluding hydrogens is 196 g/mol. The van der Waals surface area contributed by atoms with Gasteiger partial charge in [0, 0.05) is 13.2 Å². The molecule has 0 aromatic carbocycles. The highest BCUT2D eigenvalue weighted by atomic mass is 32.1. The highest BCUT2D eigenvalue weighted by Crippen LogP contribution is 2.14. The third-order valence-electron chi connectivity index (χ3n) is 2.84. The Bertz CT molecular complexity index is 193. The van der Waals surface area contributed by atoms with Crippen molar-refractivity contribution in [1.29, 1.82) is 0 Å². The lowest BCUT2D eigenvalue weighted by Gasteiger charge is -2.30. The van der Waals surface area contributed by atoms with Gasteiger partial charge in [-0.05, 0) is 33.2 Å².